The molecular formula is C7H8O6. The van der Waals surface area contributed by atoms with Gasteiger partial charge in [0, 0.05) is 0 Å². The van der Waals surface area contributed by atoms with Gasteiger partial charge in [-0.3, -0.25) is 14.4 Å². The number of carbonyl (C=O) groups is 3. The van der Waals surface area contributed by atoms with E-state index in [1.165, 1.54) is 0 Å². The van der Waals surface area contributed by atoms with E-state index < -0.39 is 29.2 Å². The van der Waals surface area contributed by atoms with E-state index in [0.29, 0.717) is 0 Å². The van der Waals surface area contributed by atoms with Crippen molar-refractivity contribution in [1.29, 1.82) is 0 Å². The van der Waals surface area contributed by atoms with Crippen molar-refractivity contribution >= 4 is 17.9 Å². The highest BCUT2D eigenvalue weighted by molar-refractivity contribution is 6.03. The average Bonchev–Trinajstić information content (AvgIpc) is 1.80. The van der Waals surface area contributed by atoms with Gasteiger partial charge in [0.1, 0.15) is 0 Å². The topological polar surface area (TPSA) is 112 Å². The van der Waals surface area contributed by atoms with Crippen LogP contribution in [0.4, 0.5) is 0 Å². The Hall–Kier alpha value is -1.59. The zero-order valence-corrected chi connectivity index (χ0v) is 6.56. The molecule has 6 heteroatoms. The van der Waals surface area contributed by atoms with Crippen molar-refractivity contribution in [3.63, 3.8) is 0 Å². The molecule has 0 aromatic heterocycles. The van der Waals surface area contributed by atoms with Gasteiger partial charge in [0.25, 0.3) is 0 Å². The molecule has 1 fully saturated rings. The Morgan fingerprint density at radius 2 is 1.54 bits per heavy atom. The molecule has 1 rings (SSSR count). The van der Waals surface area contributed by atoms with Crippen LogP contribution < -0.4 is 0 Å². The lowest BCUT2D eigenvalue weighted by Crippen LogP contribution is -2.55. The van der Waals surface area contributed by atoms with Crippen LogP contribution in [0.25, 0.3) is 0 Å². The third-order valence-electron chi connectivity index (χ3n) is 2.48. The molecule has 0 amide bonds. The average molecular weight is 188 g/mol. The predicted octanol–water partition coefficient (Wildman–Crippen LogP) is -0.363. The lowest BCUT2D eigenvalue weighted by molar-refractivity contribution is -0.186. The summed E-state index contributed by atoms with van der Waals surface area (Å²) in [5.74, 6) is -5.81. The highest BCUT2D eigenvalue weighted by atomic mass is 16.4. The van der Waals surface area contributed by atoms with Gasteiger partial charge in [-0.2, -0.15) is 0 Å². The quantitative estimate of drug-likeness (QED) is 0.521. The van der Waals surface area contributed by atoms with E-state index in [9.17, 15) is 14.4 Å². The second-order valence-corrected chi connectivity index (χ2v) is 3.01. The lowest BCUT2D eigenvalue weighted by Gasteiger charge is -2.39. The summed E-state index contributed by atoms with van der Waals surface area (Å²) in [7, 11) is 0. The van der Waals surface area contributed by atoms with Crippen LogP contribution in [0.5, 0.6) is 0 Å². The summed E-state index contributed by atoms with van der Waals surface area (Å²) in [6, 6.07) is 0. The third kappa shape index (κ3) is 1.06. The second kappa shape index (κ2) is 2.72. The first-order chi connectivity index (χ1) is 5.93. The summed E-state index contributed by atoms with van der Waals surface area (Å²) in [5.41, 5.74) is -2.11. The molecule has 72 valence electrons. The van der Waals surface area contributed by atoms with Crippen LogP contribution in [-0.4, -0.2) is 33.2 Å². The lowest BCUT2D eigenvalue weighted by atomic mass is 9.60. The summed E-state index contributed by atoms with van der Waals surface area (Å²) in [6.45, 7) is 0. The molecule has 0 aromatic rings. The number of rotatable bonds is 3. The van der Waals surface area contributed by atoms with E-state index in [-0.39, 0.29) is 12.8 Å². The predicted molar refractivity (Wildman–Crippen MR) is 38.1 cm³/mol. The maximum Gasteiger partial charge on any atom is 0.321 e. The summed E-state index contributed by atoms with van der Waals surface area (Å²) in [6.07, 6.45) is -0.0113. The minimum atomic E-state index is -2.11. The van der Waals surface area contributed by atoms with Crippen LogP contribution in [0.1, 0.15) is 12.8 Å². The minimum absolute atomic E-state index is 0.105. The van der Waals surface area contributed by atoms with E-state index >= 15 is 0 Å². The molecule has 1 aliphatic rings. The fourth-order valence-electron chi connectivity index (χ4n) is 1.52. The molecule has 1 atom stereocenters. The third-order valence-corrected chi connectivity index (χ3v) is 2.48. The maximum atomic E-state index is 10.6. The normalized spacial score (nSPS) is 24.5. The van der Waals surface area contributed by atoms with Gasteiger partial charge in [-0.15, -0.1) is 0 Å². The Morgan fingerprint density at radius 3 is 1.62 bits per heavy atom. The molecule has 0 bridgehead atoms. The van der Waals surface area contributed by atoms with Crippen molar-refractivity contribution < 1.29 is 29.7 Å². The van der Waals surface area contributed by atoms with E-state index in [1.54, 1.807) is 0 Å². The monoisotopic (exact) mass is 188 g/mol. The summed E-state index contributed by atoms with van der Waals surface area (Å²) >= 11 is 0. The summed E-state index contributed by atoms with van der Waals surface area (Å²) < 4.78 is 0. The fourth-order valence-corrected chi connectivity index (χ4v) is 1.52. The summed E-state index contributed by atoms with van der Waals surface area (Å²) in [4.78, 5) is 31.7. The largest absolute Gasteiger partial charge is 0.481 e. The SMILES string of the molecule is O=C(O)[C@H]1CCC1(C(=O)O)C(=O)O. The van der Waals surface area contributed by atoms with Crippen molar-refractivity contribution in [1.82, 2.24) is 0 Å². The van der Waals surface area contributed by atoms with Gasteiger partial charge in [-0.25, -0.2) is 0 Å². The number of hydrogen-bond donors (Lipinski definition) is 3. The van der Waals surface area contributed by atoms with Gasteiger partial charge < -0.3 is 15.3 Å². The molecule has 0 saturated heterocycles. The summed E-state index contributed by atoms with van der Waals surface area (Å²) in [5, 5.41) is 25.8. The Labute approximate surface area is 72.8 Å². The molecule has 0 spiro atoms. The van der Waals surface area contributed by atoms with Crippen LogP contribution in [0.15, 0.2) is 0 Å². The fraction of sp³-hybridized carbons (Fsp3) is 0.571. The smallest absolute Gasteiger partial charge is 0.321 e. The van der Waals surface area contributed by atoms with Crippen LogP contribution in [0.3, 0.4) is 0 Å². The maximum absolute atomic E-state index is 10.6. The second-order valence-electron chi connectivity index (χ2n) is 3.01. The Bertz CT molecular complexity index is 267. The highest BCUT2D eigenvalue weighted by Gasteiger charge is 2.62. The minimum Gasteiger partial charge on any atom is -0.481 e. The van der Waals surface area contributed by atoms with E-state index in [2.05, 4.69) is 0 Å². The van der Waals surface area contributed by atoms with Crippen molar-refractivity contribution in [3.05, 3.63) is 0 Å². The highest BCUT2D eigenvalue weighted by Crippen LogP contribution is 2.47. The first-order valence-electron chi connectivity index (χ1n) is 3.62. The number of hydrogen-bond acceptors (Lipinski definition) is 3. The van der Waals surface area contributed by atoms with Crippen LogP contribution >= 0.6 is 0 Å². The number of aliphatic carboxylic acids is 3. The molecule has 6 nitrogen and oxygen atoms in total. The molecule has 1 aliphatic carbocycles. The van der Waals surface area contributed by atoms with Crippen LogP contribution in [0.2, 0.25) is 0 Å². The molecule has 0 aliphatic heterocycles. The molecule has 0 unspecified atom stereocenters. The van der Waals surface area contributed by atoms with Crippen molar-refractivity contribution in [2.24, 2.45) is 11.3 Å². The van der Waals surface area contributed by atoms with Crippen molar-refractivity contribution in [2.75, 3.05) is 0 Å². The van der Waals surface area contributed by atoms with E-state index in [1.807, 2.05) is 0 Å². The standard InChI is InChI=1S/C7H8O6/c8-4(9)3-1-2-7(3,5(10)11)6(12)13/h3H,1-2H2,(H,8,9)(H,10,11)(H,12,13)/t3-/m1/s1. The molecule has 3 N–H and O–H groups in total. The van der Waals surface area contributed by atoms with Gasteiger partial charge in [0.15, 0.2) is 5.41 Å². The van der Waals surface area contributed by atoms with Crippen molar-refractivity contribution in [2.45, 2.75) is 12.8 Å². The Balaban J connectivity index is 3.01. The van der Waals surface area contributed by atoms with Crippen LogP contribution in [0, 0.1) is 11.3 Å². The van der Waals surface area contributed by atoms with Gasteiger partial charge in [0.05, 0.1) is 5.92 Å². The van der Waals surface area contributed by atoms with Gasteiger partial charge in [-0.1, -0.05) is 0 Å². The van der Waals surface area contributed by atoms with Crippen LogP contribution in [-0.2, 0) is 14.4 Å². The molecule has 0 radical (unpaired) electrons. The first-order valence-corrected chi connectivity index (χ1v) is 3.62. The molecule has 1 saturated carbocycles. The molecular weight excluding hydrogens is 180 g/mol. The number of carboxylic acid groups (broad SMARTS) is 3. The zero-order chi connectivity index (χ0) is 10.2. The molecule has 0 aromatic carbocycles. The van der Waals surface area contributed by atoms with Gasteiger partial charge >= 0.3 is 17.9 Å². The van der Waals surface area contributed by atoms with E-state index in [4.69, 9.17) is 15.3 Å². The first kappa shape index (κ1) is 9.50. The Morgan fingerprint density at radius 1 is 1.08 bits per heavy atom. The number of carboxylic acids is 3. The van der Waals surface area contributed by atoms with Gasteiger partial charge in [0.2, 0.25) is 0 Å². The Kier molecular flexibility index (Phi) is 1.99. The van der Waals surface area contributed by atoms with E-state index in [0.717, 1.165) is 0 Å². The van der Waals surface area contributed by atoms with Crippen molar-refractivity contribution in [3.8, 4) is 0 Å². The zero-order valence-electron chi connectivity index (χ0n) is 6.56. The van der Waals surface area contributed by atoms with Gasteiger partial charge in [-0.05, 0) is 12.8 Å². The molecule has 13 heavy (non-hydrogen) atoms. The molecule has 0 heterocycles.